The van der Waals surface area contributed by atoms with E-state index < -0.39 is 0 Å². The number of aromatic nitrogens is 3. The summed E-state index contributed by atoms with van der Waals surface area (Å²) in [6.45, 7) is 4.85. The summed E-state index contributed by atoms with van der Waals surface area (Å²) in [7, 11) is 1.79. The van der Waals surface area contributed by atoms with E-state index in [2.05, 4.69) is 15.3 Å². The zero-order valence-corrected chi connectivity index (χ0v) is 13.4. The molecule has 2 aromatic rings. The van der Waals surface area contributed by atoms with Gasteiger partial charge in [-0.3, -0.25) is 4.98 Å². The second kappa shape index (κ2) is 6.01. The normalized spacial score (nSPS) is 16.1. The zero-order valence-electron chi connectivity index (χ0n) is 13.4. The molecule has 0 atom stereocenters. The molecule has 0 spiro atoms. The van der Waals surface area contributed by atoms with Crippen LogP contribution >= 0.6 is 0 Å². The maximum atomic E-state index is 5.67. The van der Waals surface area contributed by atoms with Crippen molar-refractivity contribution in [1.29, 1.82) is 0 Å². The van der Waals surface area contributed by atoms with Gasteiger partial charge in [0.1, 0.15) is 5.82 Å². The van der Waals surface area contributed by atoms with Crippen molar-refractivity contribution in [2.24, 2.45) is 0 Å². The number of rotatable bonds is 5. The molecule has 1 fully saturated rings. The predicted octanol–water partition coefficient (Wildman–Crippen LogP) is 3.14. The van der Waals surface area contributed by atoms with E-state index in [-0.39, 0.29) is 5.60 Å². The van der Waals surface area contributed by atoms with Crippen molar-refractivity contribution in [3.8, 4) is 11.4 Å². The van der Waals surface area contributed by atoms with Crippen molar-refractivity contribution < 1.29 is 4.74 Å². The van der Waals surface area contributed by atoms with E-state index >= 15 is 0 Å². The maximum absolute atomic E-state index is 5.67. The molecule has 5 heteroatoms. The second-order valence-corrected chi connectivity index (χ2v) is 5.94. The minimum atomic E-state index is -0.0257. The molecule has 2 aromatic heterocycles. The summed E-state index contributed by atoms with van der Waals surface area (Å²) < 4.78 is 5.67. The number of methoxy groups -OCH3 is 1. The molecule has 2 heterocycles. The van der Waals surface area contributed by atoms with Crippen LogP contribution in [0.1, 0.15) is 30.5 Å². The smallest absolute Gasteiger partial charge is 0.161 e. The van der Waals surface area contributed by atoms with Gasteiger partial charge >= 0.3 is 0 Å². The molecule has 0 aliphatic heterocycles. The van der Waals surface area contributed by atoms with Crippen molar-refractivity contribution in [3.63, 3.8) is 0 Å². The highest BCUT2D eigenvalue weighted by Gasteiger charge is 2.36. The summed E-state index contributed by atoms with van der Waals surface area (Å²) in [5, 5.41) is 3.47. The van der Waals surface area contributed by atoms with Crippen molar-refractivity contribution in [2.45, 2.75) is 38.7 Å². The summed E-state index contributed by atoms with van der Waals surface area (Å²) in [5.74, 6) is 1.62. The zero-order chi connectivity index (χ0) is 15.6. The molecule has 116 valence electrons. The first-order valence-corrected chi connectivity index (χ1v) is 7.68. The summed E-state index contributed by atoms with van der Waals surface area (Å²) in [5.41, 5.74) is 3.03. The van der Waals surface area contributed by atoms with Crippen molar-refractivity contribution >= 4 is 5.82 Å². The monoisotopic (exact) mass is 298 g/mol. The fourth-order valence-electron chi connectivity index (χ4n) is 2.70. The third-order valence-electron chi connectivity index (χ3n) is 4.60. The Morgan fingerprint density at radius 1 is 1.18 bits per heavy atom. The number of hydrogen-bond donors (Lipinski definition) is 1. The summed E-state index contributed by atoms with van der Waals surface area (Å²) in [6, 6.07) is 3.85. The largest absolute Gasteiger partial charge is 0.376 e. The second-order valence-electron chi connectivity index (χ2n) is 5.94. The highest BCUT2D eigenvalue weighted by atomic mass is 16.5. The van der Waals surface area contributed by atoms with Gasteiger partial charge in [0, 0.05) is 42.9 Å². The van der Waals surface area contributed by atoms with Gasteiger partial charge in [0.15, 0.2) is 5.82 Å². The van der Waals surface area contributed by atoms with E-state index in [1.807, 2.05) is 26.0 Å². The molecular formula is C17H22N4O. The Morgan fingerprint density at radius 3 is 2.50 bits per heavy atom. The summed E-state index contributed by atoms with van der Waals surface area (Å²) >= 11 is 0. The van der Waals surface area contributed by atoms with Crippen molar-refractivity contribution in [2.75, 3.05) is 19.0 Å². The third kappa shape index (κ3) is 2.81. The Balaban J connectivity index is 1.86. The molecule has 0 saturated heterocycles. The molecule has 22 heavy (non-hydrogen) atoms. The van der Waals surface area contributed by atoms with Gasteiger partial charge in [-0.2, -0.15) is 0 Å². The fourth-order valence-corrected chi connectivity index (χ4v) is 2.70. The van der Waals surface area contributed by atoms with Crippen LogP contribution in [0.15, 0.2) is 24.5 Å². The Labute approximate surface area is 131 Å². The molecule has 1 N–H and O–H groups in total. The van der Waals surface area contributed by atoms with Crippen LogP contribution in [0.3, 0.4) is 0 Å². The Hall–Kier alpha value is -2.01. The molecule has 1 saturated carbocycles. The first-order valence-electron chi connectivity index (χ1n) is 7.68. The minimum absolute atomic E-state index is 0.0257. The number of ether oxygens (including phenoxy) is 1. The van der Waals surface area contributed by atoms with E-state index in [0.717, 1.165) is 47.8 Å². The maximum Gasteiger partial charge on any atom is 0.161 e. The standard InChI is InChI=1S/C17H22N4O/c1-12-13(2)20-16(14-5-9-18-10-6-14)21-15(12)19-11-17(22-3)7-4-8-17/h5-6,9-10H,4,7-8,11H2,1-3H3,(H,19,20,21). The third-order valence-corrected chi connectivity index (χ3v) is 4.60. The van der Waals surface area contributed by atoms with Crippen LogP contribution in [0.2, 0.25) is 0 Å². The Bertz CT molecular complexity index is 648. The van der Waals surface area contributed by atoms with E-state index in [0.29, 0.717) is 0 Å². The highest BCUT2D eigenvalue weighted by Crippen LogP contribution is 2.35. The molecule has 5 nitrogen and oxygen atoms in total. The van der Waals surface area contributed by atoms with Gasteiger partial charge in [-0.25, -0.2) is 9.97 Å². The molecular weight excluding hydrogens is 276 g/mol. The SMILES string of the molecule is COC1(CNc2nc(-c3ccncc3)nc(C)c2C)CCC1. The van der Waals surface area contributed by atoms with E-state index in [1.54, 1.807) is 19.5 Å². The lowest BCUT2D eigenvalue weighted by Crippen LogP contribution is -2.45. The lowest BCUT2D eigenvalue weighted by Gasteiger charge is -2.40. The molecule has 3 rings (SSSR count). The van der Waals surface area contributed by atoms with Crippen LogP contribution in [-0.2, 0) is 4.74 Å². The molecule has 0 radical (unpaired) electrons. The van der Waals surface area contributed by atoms with Crippen LogP contribution in [-0.4, -0.2) is 34.2 Å². The number of nitrogens with one attached hydrogen (secondary N) is 1. The highest BCUT2D eigenvalue weighted by molar-refractivity contribution is 5.59. The molecule has 0 aromatic carbocycles. The Kier molecular flexibility index (Phi) is 4.07. The van der Waals surface area contributed by atoms with Crippen LogP contribution in [0.25, 0.3) is 11.4 Å². The quantitative estimate of drug-likeness (QED) is 0.919. The fraction of sp³-hybridized carbons (Fsp3) is 0.471. The van der Waals surface area contributed by atoms with E-state index in [1.165, 1.54) is 6.42 Å². The van der Waals surface area contributed by atoms with Crippen LogP contribution in [0.5, 0.6) is 0 Å². The molecule has 0 amide bonds. The molecule has 0 bridgehead atoms. The van der Waals surface area contributed by atoms with Gasteiger partial charge in [0.2, 0.25) is 0 Å². The van der Waals surface area contributed by atoms with Crippen LogP contribution in [0.4, 0.5) is 5.82 Å². The minimum Gasteiger partial charge on any atom is -0.376 e. The topological polar surface area (TPSA) is 59.9 Å². The number of hydrogen-bond acceptors (Lipinski definition) is 5. The Morgan fingerprint density at radius 2 is 1.91 bits per heavy atom. The number of pyridine rings is 1. The molecule has 1 aliphatic rings. The van der Waals surface area contributed by atoms with Crippen LogP contribution in [0, 0.1) is 13.8 Å². The first-order chi connectivity index (χ1) is 10.6. The van der Waals surface area contributed by atoms with E-state index in [9.17, 15) is 0 Å². The molecule has 0 unspecified atom stereocenters. The van der Waals surface area contributed by atoms with Crippen molar-refractivity contribution in [1.82, 2.24) is 15.0 Å². The van der Waals surface area contributed by atoms with Gasteiger partial charge in [-0.15, -0.1) is 0 Å². The lowest BCUT2D eigenvalue weighted by atomic mass is 9.80. The number of anilines is 1. The van der Waals surface area contributed by atoms with Gasteiger partial charge < -0.3 is 10.1 Å². The van der Waals surface area contributed by atoms with Gasteiger partial charge in [0.25, 0.3) is 0 Å². The molecule has 1 aliphatic carbocycles. The van der Waals surface area contributed by atoms with Crippen LogP contribution < -0.4 is 5.32 Å². The number of nitrogens with zero attached hydrogens (tertiary/aromatic N) is 3. The predicted molar refractivity (Wildman–Crippen MR) is 86.8 cm³/mol. The lowest BCUT2D eigenvalue weighted by molar-refractivity contribution is -0.0601. The summed E-state index contributed by atoms with van der Waals surface area (Å²) in [4.78, 5) is 13.3. The van der Waals surface area contributed by atoms with Gasteiger partial charge in [0.05, 0.1) is 5.60 Å². The first kappa shape index (κ1) is 14.9. The van der Waals surface area contributed by atoms with Gasteiger partial charge in [-0.05, 0) is 45.2 Å². The number of aryl methyl sites for hydroxylation is 1. The van der Waals surface area contributed by atoms with E-state index in [4.69, 9.17) is 9.72 Å². The average molecular weight is 298 g/mol. The summed E-state index contributed by atoms with van der Waals surface area (Å²) in [6.07, 6.45) is 6.97. The van der Waals surface area contributed by atoms with Gasteiger partial charge in [-0.1, -0.05) is 0 Å². The van der Waals surface area contributed by atoms with Crippen molar-refractivity contribution in [3.05, 3.63) is 35.8 Å². The average Bonchev–Trinajstić information content (AvgIpc) is 2.51.